The average Bonchev–Trinajstić information content (AvgIpc) is 2.39. The summed E-state index contributed by atoms with van der Waals surface area (Å²) >= 11 is 0. The van der Waals surface area contributed by atoms with Crippen molar-refractivity contribution in [3.63, 3.8) is 0 Å². The zero-order valence-corrected chi connectivity index (χ0v) is 10.8. The molecule has 0 aromatic carbocycles. The van der Waals surface area contributed by atoms with Crippen LogP contribution in [0.2, 0.25) is 0 Å². The zero-order valence-electron chi connectivity index (χ0n) is 10.8. The van der Waals surface area contributed by atoms with Gasteiger partial charge in [0.15, 0.2) is 0 Å². The molecule has 1 saturated carbocycles. The molecular formula is C15H23NO. The fourth-order valence-electron chi connectivity index (χ4n) is 2.86. The van der Waals surface area contributed by atoms with Gasteiger partial charge in [0.05, 0.1) is 6.10 Å². The minimum atomic E-state index is -0.239. The van der Waals surface area contributed by atoms with E-state index in [1.807, 2.05) is 24.4 Å². The van der Waals surface area contributed by atoms with Crippen LogP contribution in [0, 0.1) is 11.8 Å². The molecule has 2 rings (SSSR count). The largest absolute Gasteiger partial charge is 0.392 e. The minimum absolute atomic E-state index is 0.148. The van der Waals surface area contributed by atoms with E-state index in [-0.39, 0.29) is 12.0 Å². The van der Waals surface area contributed by atoms with Crippen LogP contribution in [-0.4, -0.2) is 16.2 Å². The fraction of sp³-hybridized carbons (Fsp3) is 0.667. The van der Waals surface area contributed by atoms with Crippen molar-refractivity contribution >= 4 is 0 Å². The molecule has 0 amide bonds. The van der Waals surface area contributed by atoms with Gasteiger partial charge in [-0.3, -0.25) is 4.98 Å². The second-order valence-electron chi connectivity index (χ2n) is 5.55. The summed E-state index contributed by atoms with van der Waals surface area (Å²) in [5, 5.41) is 10.4. The Morgan fingerprint density at radius 1 is 1.24 bits per heavy atom. The number of aliphatic hydroxyl groups excluding tert-OH is 1. The number of aromatic nitrogens is 1. The molecule has 2 atom stereocenters. The molecular weight excluding hydrogens is 210 g/mol. The maximum absolute atomic E-state index is 10.4. The zero-order chi connectivity index (χ0) is 12.3. The molecule has 1 aliphatic rings. The number of nitrogens with zero attached hydrogens (tertiary/aromatic N) is 1. The summed E-state index contributed by atoms with van der Waals surface area (Å²) in [4.78, 5) is 4.35. The smallest absolute Gasteiger partial charge is 0.0649 e. The molecule has 0 saturated heterocycles. The topological polar surface area (TPSA) is 33.1 Å². The molecule has 1 aromatic rings. The molecule has 2 heteroatoms. The van der Waals surface area contributed by atoms with Crippen molar-refractivity contribution in [2.45, 2.75) is 51.6 Å². The highest BCUT2D eigenvalue weighted by molar-refractivity contribution is 5.10. The van der Waals surface area contributed by atoms with Crippen LogP contribution in [0.3, 0.4) is 0 Å². The van der Waals surface area contributed by atoms with E-state index >= 15 is 0 Å². The molecule has 0 spiro atoms. The van der Waals surface area contributed by atoms with E-state index in [4.69, 9.17) is 0 Å². The van der Waals surface area contributed by atoms with Crippen LogP contribution in [-0.2, 0) is 0 Å². The second-order valence-corrected chi connectivity index (χ2v) is 5.55. The van der Waals surface area contributed by atoms with Gasteiger partial charge in [0, 0.05) is 17.8 Å². The first kappa shape index (κ1) is 12.6. The van der Waals surface area contributed by atoms with Gasteiger partial charge in [-0.05, 0) is 36.8 Å². The maximum atomic E-state index is 10.4. The van der Waals surface area contributed by atoms with Crippen molar-refractivity contribution in [3.05, 3.63) is 30.1 Å². The van der Waals surface area contributed by atoms with E-state index in [2.05, 4.69) is 18.8 Å². The number of pyridine rings is 1. The Morgan fingerprint density at radius 3 is 2.53 bits per heavy atom. The Morgan fingerprint density at radius 2 is 1.94 bits per heavy atom. The van der Waals surface area contributed by atoms with Crippen LogP contribution >= 0.6 is 0 Å². The lowest BCUT2D eigenvalue weighted by molar-refractivity contribution is 0.0564. The van der Waals surface area contributed by atoms with Crippen LogP contribution in [0.25, 0.3) is 0 Å². The summed E-state index contributed by atoms with van der Waals surface area (Å²) in [5.74, 6) is 1.45. The number of aliphatic hydroxyl groups is 1. The Labute approximate surface area is 104 Å². The van der Waals surface area contributed by atoms with Gasteiger partial charge in [0.1, 0.15) is 0 Å². The Hall–Kier alpha value is -0.890. The molecule has 0 aliphatic heterocycles. The van der Waals surface area contributed by atoms with Crippen molar-refractivity contribution in [1.82, 2.24) is 4.98 Å². The lowest BCUT2D eigenvalue weighted by Gasteiger charge is -2.32. The molecule has 1 aliphatic carbocycles. The predicted molar refractivity (Wildman–Crippen MR) is 69.8 cm³/mol. The van der Waals surface area contributed by atoms with Crippen LogP contribution in [0.5, 0.6) is 0 Å². The van der Waals surface area contributed by atoms with E-state index in [1.54, 1.807) is 0 Å². The molecule has 94 valence electrons. The van der Waals surface area contributed by atoms with Crippen LogP contribution in [0.15, 0.2) is 24.4 Å². The third-order valence-electron chi connectivity index (χ3n) is 4.21. The third-order valence-corrected chi connectivity index (χ3v) is 4.21. The van der Waals surface area contributed by atoms with Crippen LogP contribution < -0.4 is 0 Å². The molecule has 1 aromatic heterocycles. The van der Waals surface area contributed by atoms with E-state index < -0.39 is 0 Å². The van der Waals surface area contributed by atoms with Crippen LogP contribution in [0.1, 0.15) is 51.1 Å². The third kappa shape index (κ3) is 3.06. The second kappa shape index (κ2) is 5.63. The average molecular weight is 233 g/mol. The summed E-state index contributed by atoms with van der Waals surface area (Å²) in [6, 6.07) is 5.93. The van der Waals surface area contributed by atoms with Crippen molar-refractivity contribution in [3.8, 4) is 0 Å². The monoisotopic (exact) mass is 233 g/mol. The Kier molecular flexibility index (Phi) is 4.16. The first-order valence-corrected chi connectivity index (χ1v) is 6.77. The molecule has 0 bridgehead atoms. The van der Waals surface area contributed by atoms with Crippen molar-refractivity contribution in [2.24, 2.45) is 11.8 Å². The van der Waals surface area contributed by atoms with Crippen molar-refractivity contribution in [1.29, 1.82) is 0 Å². The van der Waals surface area contributed by atoms with Gasteiger partial charge in [-0.15, -0.1) is 0 Å². The van der Waals surface area contributed by atoms with E-state index in [0.29, 0.717) is 5.92 Å². The highest BCUT2D eigenvalue weighted by Gasteiger charge is 2.29. The van der Waals surface area contributed by atoms with Gasteiger partial charge in [-0.25, -0.2) is 0 Å². The first-order valence-electron chi connectivity index (χ1n) is 6.77. The first-order chi connectivity index (χ1) is 8.18. The normalized spacial score (nSPS) is 28.6. The summed E-state index contributed by atoms with van der Waals surface area (Å²) in [6.45, 7) is 4.40. The number of hydrogen-bond acceptors (Lipinski definition) is 2. The summed E-state index contributed by atoms with van der Waals surface area (Å²) < 4.78 is 0. The Bertz CT molecular complexity index is 330. The molecule has 1 fully saturated rings. The summed E-state index contributed by atoms with van der Waals surface area (Å²) in [7, 11) is 0. The van der Waals surface area contributed by atoms with Gasteiger partial charge in [0.2, 0.25) is 0 Å². The standard InChI is InChI=1S/C15H23NO/c1-11-6-8-13(9-7-11)15(17)12(2)14-5-3-4-10-16-14/h3-5,10-13,15,17H,6-9H2,1-2H3. The van der Waals surface area contributed by atoms with E-state index in [1.165, 1.54) is 25.7 Å². The molecule has 2 nitrogen and oxygen atoms in total. The van der Waals surface area contributed by atoms with Gasteiger partial charge in [0.25, 0.3) is 0 Å². The minimum Gasteiger partial charge on any atom is -0.392 e. The lowest BCUT2D eigenvalue weighted by atomic mass is 9.76. The maximum Gasteiger partial charge on any atom is 0.0649 e. The quantitative estimate of drug-likeness (QED) is 0.868. The lowest BCUT2D eigenvalue weighted by Crippen LogP contribution is -2.29. The van der Waals surface area contributed by atoms with E-state index in [0.717, 1.165) is 11.6 Å². The molecule has 2 unspecified atom stereocenters. The number of hydrogen-bond donors (Lipinski definition) is 1. The number of rotatable bonds is 3. The SMILES string of the molecule is CC1CCC(C(O)C(C)c2ccccn2)CC1. The van der Waals surface area contributed by atoms with Gasteiger partial charge < -0.3 is 5.11 Å². The van der Waals surface area contributed by atoms with Gasteiger partial charge >= 0.3 is 0 Å². The highest BCUT2D eigenvalue weighted by atomic mass is 16.3. The summed E-state index contributed by atoms with van der Waals surface area (Å²) in [6.07, 6.45) is 6.42. The molecule has 17 heavy (non-hydrogen) atoms. The van der Waals surface area contributed by atoms with Crippen LogP contribution in [0.4, 0.5) is 0 Å². The predicted octanol–water partition coefficient (Wildman–Crippen LogP) is 3.37. The molecule has 0 radical (unpaired) electrons. The van der Waals surface area contributed by atoms with Gasteiger partial charge in [-0.1, -0.05) is 32.8 Å². The highest BCUT2D eigenvalue weighted by Crippen LogP contribution is 2.34. The molecule has 1 heterocycles. The van der Waals surface area contributed by atoms with E-state index in [9.17, 15) is 5.11 Å². The summed E-state index contributed by atoms with van der Waals surface area (Å²) in [5.41, 5.74) is 1.01. The fourth-order valence-corrected chi connectivity index (χ4v) is 2.86. The molecule has 1 N–H and O–H groups in total. The van der Waals surface area contributed by atoms with Crippen molar-refractivity contribution in [2.75, 3.05) is 0 Å². The van der Waals surface area contributed by atoms with Gasteiger partial charge in [-0.2, -0.15) is 0 Å². The Balaban J connectivity index is 1.98. The van der Waals surface area contributed by atoms with Crippen molar-refractivity contribution < 1.29 is 5.11 Å².